The van der Waals surface area contributed by atoms with E-state index in [0.717, 1.165) is 30.7 Å². The van der Waals surface area contributed by atoms with Gasteiger partial charge in [-0.2, -0.15) is 0 Å². The summed E-state index contributed by atoms with van der Waals surface area (Å²) < 4.78 is 28.6. The molecule has 1 fully saturated rings. The largest absolute Gasteiger partial charge is 0.351 e. The number of thiazole rings is 1. The normalized spacial score (nSPS) is 15.7. The van der Waals surface area contributed by atoms with Gasteiger partial charge in [0.15, 0.2) is 5.13 Å². The molecule has 42 heavy (non-hydrogen) atoms. The molecule has 5 rings (SSSR count). The Bertz CT molecular complexity index is 1620. The van der Waals surface area contributed by atoms with Crippen LogP contribution in [0.1, 0.15) is 58.3 Å². The van der Waals surface area contributed by atoms with Gasteiger partial charge in [-0.1, -0.05) is 17.4 Å². The van der Waals surface area contributed by atoms with E-state index in [1.165, 1.54) is 18.4 Å². The first-order valence-electron chi connectivity index (χ1n) is 14.0. The molecule has 11 nitrogen and oxygen atoms in total. The van der Waals surface area contributed by atoms with Gasteiger partial charge in [-0.3, -0.25) is 9.59 Å². The van der Waals surface area contributed by atoms with Crippen molar-refractivity contribution in [1.82, 2.24) is 29.8 Å². The first-order chi connectivity index (χ1) is 20.0. The van der Waals surface area contributed by atoms with E-state index in [9.17, 15) is 18.0 Å². The summed E-state index contributed by atoms with van der Waals surface area (Å²) in [5, 5.41) is 6.63. The number of carbonyl (C=O) groups is 2. The highest BCUT2D eigenvalue weighted by Gasteiger charge is 2.41. The van der Waals surface area contributed by atoms with E-state index in [1.54, 1.807) is 29.2 Å². The third-order valence-electron chi connectivity index (χ3n) is 7.70. The van der Waals surface area contributed by atoms with Crippen molar-refractivity contribution in [3.8, 4) is 10.4 Å². The van der Waals surface area contributed by atoms with Gasteiger partial charge in [0.2, 0.25) is 10.0 Å². The van der Waals surface area contributed by atoms with Crippen LogP contribution < -0.4 is 15.4 Å². The zero-order chi connectivity index (χ0) is 30.2. The molecule has 1 aliphatic carbocycles. The van der Waals surface area contributed by atoms with Gasteiger partial charge < -0.3 is 20.4 Å². The SMILES string of the molecule is CNS(=O)(=O)c1cc(-c2sc(Nc3cccc(C(=O)NCCCN(C)C)n3)nc2C)cc2c1C(=O)N([C@@H](C)C1CC1)C2. The van der Waals surface area contributed by atoms with E-state index in [0.29, 0.717) is 52.5 Å². The highest BCUT2D eigenvalue weighted by atomic mass is 32.2. The molecule has 0 bridgehead atoms. The molecular weight excluding hydrogens is 574 g/mol. The van der Waals surface area contributed by atoms with Crippen molar-refractivity contribution >= 4 is 44.1 Å². The number of nitrogens with zero attached hydrogens (tertiary/aromatic N) is 4. The summed E-state index contributed by atoms with van der Waals surface area (Å²) in [6, 6.07) is 8.71. The number of fused-ring (bicyclic) bond motifs is 1. The maximum atomic E-state index is 13.4. The maximum absolute atomic E-state index is 13.4. The molecule has 0 radical (unpaired) electrons. The lowest BCUT2D eigenvalue weighted by molar-refractivity contribution is 0.0694. The Labute approximate surface area is 250 Å². The monoisotopic (exact) mass is 611 g/mol. The average molecular weight is 612 g/mol. The first-order valence-corrected chi connectivity index (χ1v) is 16.3. The predicted octanol–water partition coefficient (Wildman–Crippen LogP) is 3.60. The maximum Gasteiger partial charge on any atom is 0.269 e. The quantitative estimate of drug-likeness (QED) is 0.264. The molecule has 1 aliphatic heterocycles. The fourth-order valence-electron chi connectivity index (χ4n) is 5.20. The number of amides is 2. The molecule has 1 atom stereocenters. The van der Waals surface area contributed by atoms with Crippen LogP contribution in [0.3, 0.4) is 0 Å². The molecule has 1 saturated carbocycles. The fourth-order valence-corrected chi connectivity index (χ4v) is 7.15. The summed E-state index contributed by atoms with van der Waals surface area (Å²) in [5.74, 6) is 0.454. The third kappa shape index (κ3) is 6.33. The predicted molar refractivity (Wildman–Crippen MR) is 164 cm³/mol. The van der Waals surface area contributed by atoms with Crippen molar-refractivity contribution in [2.45, 2.75) is 50.6 Å². The van der Waals surface area contributed by atoms with Crippen LogP contribution in [0.2, 0.25) is 0 Å². The second kappa shape index (κ2) is 12.1. The van der Waals surface area contributed by atoms with Crippen LogP contribution in [0.5, 0.6) is 0 Å². The minimum Gasteiger partial charge on any atom is -0.351 e. The van der Waals surface area contributed by atoms with Gasteiger partial charge in [-0.05, 0) is 102 Å². The summed E-state index contributed by atoms with van der Waals surface area (Å²) >= 11 is 1.36. The smallest absolute Gasteiger partial charge is 0.269 e. The van der Waals surface area contributed by atoms with Crippen molar-refractivity contribution in [3.63, 3.8) is 0 Å². The number of aryl methyl sites for hydroxylation is 1. The van der Waals surface area contributed by atoms with Gasteiger partial charge in [0.25, 0.3) is 11.8 Å². The van der Waals surface area contributed by atoms with E-state index < -0.39 is 10.0 Å². The summed E-state index contributed by atoms with van der Waals surface area (Å²) in [6.45, 7) is 5.71. The number of rotatable bonds is 12. The van der Waals surface area contributed by atoms with Crippen LogP contribution in [-0.2, 0) is 16.6 Å². The Balaban J connectivity index is 1.39. The van der Waals surface area contributed by atoms with Crippen LogP contribution in [0, 0.1) is 12.8 Å². The molecule has 3 N–H and O–H groups in total. The lowest BCUT2D eigenvalue weighted by atomic mass is 10.0. The summed E-state index contributed by atoms with van der Waals surface area (Å²) in [4.78, 5) is 39.7. The van der Waals surface area contributed by atoms with Gasteiger partial charge in [0.1, 0.15) is 11.5 Å². The summed E-state index contributed by atoms with van der Waals surface area (Å²) in [5.41, 5.74) is 2.64. The Morgan fingerprint density at radius 1 is 1.21 bits per heavy atom. The molecule has 2 aliphatic rings. The fraction of sp³-hybridized carbons (Fsp3) is 0.448. The zero-order valence-electron chi connectivity index (χ0n) is 24.5. The lowest BCUT2D eigenvalue weighted by Crippen LogP contribution is -2.35. The van der Waals surface area contributed by atoms with Crippen LogP contribution >= 0.6 is 11.3 Å². The van der Waals surface area contributed by atoms with Crippen molar-refractivity contribution in [2.24, 2.45) is 5.92 Å². The van der Waals surface area contributed by atoms with Gasteiger partial charge >= 0.3 is 0 Å². The minimum absolute atomic E-state index is 0.0127. The second-order valence-corrected chi connectivity index (χ2v) is 14.0. The Hall–Kier alpha value is -3.39. The van der Waals surface area contributed by atoms with Crippen LogP contribution in [0.15, 0.2) is 35.2 Å². The Morgan fingerprint density at radius 3 is 2.67 bits per heavy atom. The summed E-state index contributed by atoms with van der Waals surface area (Å²) in [6.07, 6.45) is 3.01. The minimum atomic E-state index is -3.90. The van der Waals surface area contributed by atoms with Crippen molar-refractivity contribution < 1.29 is 18.0 Å². The number of anilines is 2. The highest BCUT2D eigenvalue weighted by molar-refractivity contribution is 7.89. The molecule has 3 aromatic rings. The van der Waals surface area contributed by atoms with Crippen LogP contribution in [0.25, 0.3) is 10.4 Å². The number of benzene rings is 1. The highest BCUT2D eigenvalue weighted by Crippen LogP contribution is 2.42. The molecule has 0 saturated heterocycles. The van der Waals surface area contributed by atoms with Crippen molar-refractivity contribution in [2.75, 3.05) is 39.5 Å². The lowest BCUT2D eigenvalue weighted by Gasteiger charge is -2.24. The molecule has 13 heteroatoms. The number of aromatic nitrogens is 2. The number of hydrogen-bond acceptors (Lipinski definition) is 9. The number of hydrogen-bond donors (Lipinski definition) is 3. The first kappa shape index (κ1) is 30.1. The summed E-state index contributed by atoms with van der Waals surface area (Å²) in [7, 11) is 1.43. The van der Waals surface area contributed by atoms with E-state index >= 15 is 0 Å². The van der Waals surface area contributed by atoms with E-state index in [-0.39, 0.29) is 28.3 Å². The van der Waals surface area contributed by atoms with Gasteiger partial charge in [0.05, 0.1) is 21.0 Å². The van der Waals surface area contributed by atoms with E-state index in [2.05, 4.69) is 30.2 Å². The number of sulfonamides is 1. The van der Waals surface area contributed by atoms with Crippen LogP contribution in [0.4, 0.5) is 10.9 Å². The third-order valence-corrected chi connectivity index (χ3v) is 10.3. The molecule has 0 unspecified atom stereocenters. The van der Waals surface area contributed by atoms with Gasteiger partial charge in [0, 0.05) is 19.1 Å². The number of carbonyl (C=O) groups excluding carboxylic acids is 2. The topological polar surface area (TPSA) is 137 Å². The molecule has 3 heterocycles. The molecule has 1 aromatic carbocycles. The van der Waals surface area contributed by atoms with Crippen molar-refractivity contribution in [3.05, 3.63) is 52.8 Å². The van der Waals surface area contributed by atoms with E-state index in [1.807, 2.05) is 34.0 Å². The molecular formula is C29H37N7O4S2. The standard InChI is InChI=1S/C29H37N7O4S2/c1-17-26(41-29(32-17)34-24-9-6-8-22(33-24)27(37)31-12-7-13-35(4)5)20-14-21-16-36(18(2)19-10-11-19)28(38)25(21)23(15-20)42(39,40)30-3/h6,8-9,14-15,18-19,30H,7,10-13,16H2,1-5H3,(H,31,37)(H,32,33,34)/t18-/m0/s1. The number of nitrogens with one attached hydrogen (secondary N) is 3. The molecule has 224 valence electrons. The number of pyridine rings is 1. The van der Waals surface area contributed by atoms with Crippen LogP contribution in [-0.4, -0.2) is 80.3 Å². The van der Waals surface area contributed by atoms with Crippen molar-refractivity contribution in [1.29, 1.82) is 0 Å². The molecule has 0 spiro atoms. The second-order valence-electron chi connectivity index (χ2n) is 11.1. The van der Waals surface area contributed by atoms with Gasteiger partial charge in [-0.25, -0.2) is 23.1 Å². The average Bonchev–Trinajstić information content (AvgIpc) is 3.67. The molecule has 2 amide bonds. The van der Waals surface area contributed by atoms with E-state index in [4.69, 9.17) is 0 Å². The molecule has 2 aromatic heterocycles. The Morgan fingerprint density at radius 2 is 1.98 bits per heavy atom. The zero-order valence-corrected chi connectivity index (χ0v) is 26.2. The Kier molecular flexibility index (Phi) is 8.65. The van der Waals surface area contributed by atoms with Gasteiger partial charge in [-0.15, -0.1) is 0 Å².